The zero-order valence-corrected chi connectivity index (χ0v) is 11.0. The van der Waals surface area contributed by atoms with Crippen molar-refractivity contribution in [3.8, 4) is 0 Å². The minimum Gasteiger partial charge on any atom is -0.308 e. The normalized spacial score (nSPS) is 12.6. The first kappa shape index (κ1) is 12.1. The summed E-state index contributed by atoms with van der Waals surface area (Å²) in [6.45, 7) is 0. The largest absolute Gasteiger partial charge is 0.308 e. The molecule has 0 fully saturated rings. The molecule has 0 saturated carbocycles. The van der Waals surface area contributed by atoms with Gasteiger partial charge in [0.05, 0.1) is 17.9 Å². The summed E-state index contributed by atoms with van der Waals surface area (Å²) in [6, 6.07) is 8.67. The Morgan fingerprint density at radius 2 is 2.00 bits per heavy atom. The number of benzene rings is 1. The molecule has 17 heavy (non-hydrogen) atoms. The monoisotopic (exact) mass is 248 g/mol. The minimum absolute atomic E-state index is 0.130. The molecule has 0 amide bonds. The molecule has 5 heteroatoms. The Labute approximate surface area is 105 Å². The van der Waals surface area contributed by atoms with Gasteiger partial charge in [-0.05, 0) is 31.0 Å². The summed E-state index contributed by atoms with van der Waals surface area (Å²) in [5.74, 6) is 0. The summed E-state index contributed by atoms with van der Waals surface area (Å²) in [6.07, 6.45) is 3.87. The van der Waals surface area contributed by atoms with Crippen LogP contribution in [0.15, 0.2) is 35.4 Å². The van der Waals surface area contributed by atoms with Crippen LogP contribution >= 0.6 is 11.8 Å². The molecule has 1 unspecified atom stereocenters. The second kappa shape index (κ2) is 5.33. The number of rotatable bonds is 4. The topological polar surface area (TPSA) is 42.7 Å². The van der Waals surface area contributed by atoms with Gasteiger partial charge in [0, 0.05) is 11.9 Å². The van der Waals surface area contributed by atoms with Gasteiger partial charge in [0.1, 0.15) is 0 Å². The van der Waals surface area contributed by atoms with E-state index in [1.807, 2.05) is 14.1 Å². The molecule has 1 N–H and O–H groups in total. The van der Waals surface area contributed by atoms with Crippen LogP contribution in [0.4, 0.5) is 0 Å². The van der Waals surface area contributed by atoms with Gasteiger partial charge in [-0.1, -0.05) is 17.3 Å². The van der Waals surface area contributed by atoms with Gasteiger partial charge in [0.15, 0.2) is 0 Å². The SMILES string of the molecule is CNC(c1ccc(SC)cc1)c1cnnn1C. The van der Waals surface area contributed by atoms with Crippen molar-refractivity contribution in [2.75, 3.05) is 13.3 Å². The maximum absolute atomic E-state index is 3.97. The van der Waals surface area contributed by atoms with Gasteiger partial charge in [-0.3, -0.25) is 4.68 Å². The van der Waals surface area contributed by atoms with Gasteiger partial charge in [-0.15, -0.1) is 16.9 Å². The van der Waals surface area contributed by atoms with Crippen LogP contribution < -0.4 is 5.32 Å². The molecule has 4 nitrogen and oxygen atoms in total. The summed E-state index contributed by atoms with van der Waals surface area (Å²) in [5, 5.41) is 11.2. The minimum atomic E-state index is 0.130. The molecule has 1 heterocycles. The van der Waals surface area contributed by atoms with E-state index < -0.39 is 0 Å². The number of hydrogen-bond donors (Lipinski definition) is 1. The summed E-state index contributed by atoms with van der Waals surface area (Å²) in [5.41, 5.74) is 2.28. The Kier molecular flexibility index (Phi) is 3.81. The smallest absolute Gasteiger partial charge is 0.0798 e. The van der Waals surface area contributed by atoms with E-state index in [2.05, 4.69) is 46.2 Å². The van der Waals surface area contributed by atoms with Gasteiger partial charge in [-0.2, -0.15) is 0 Å². The second-order valence-electron chi connectivity index (χ2n) is 3.78. The number of hydrogen-bond acceptors (Lipinski definition) is 4. The first-order valence-electron chi connectivity index (χ1n) is 5.42. The van der Waals surface area contributed by atoms with Crippen LogP contribution in [0.1, 0.15) is 17.3 Å². The molecule has 90 valence electrons. The maximum Gasteiger partial charge on any atom is 0.0798 e. The lowest BCUT2D eigenvalue weighted by molar-refractivity contribution is 0.597. The van der Waals surface area contributed by atoms with Crippen molar-refractivity contribution in [3.63, 3.8) is 0 Å². The summed E-state index contributed by atoms with van der Waals surface area (Å²) >= 11 is 1.75. The lowest BCUT2D eigenvalue weighted by atomic mass is 10.0. The molecular weight excluding hydrogens is 232 g/mol. The van der Waals surface area contributed by atoms with Crippen LogP contribution in [0.3, 0.4) is 0 Å². The van der Waals surface area contributed by atoms with Crippen molar-refractivity contribution < 1.29 is 0 Å². The molecule has 0 radical (unpaired) electrons. The van der Waals surface area contributed by atoms with E-state index in [1.165, 1.54) is 10.5 Å². The number of nitrogens with zero attached hydrogens (tertiary/aromatic N) is 3. The molecule has 1 aromatic heterocycles. The van der Waals surface area contributed by atoms with E-state index >= 15 is 0 Å². The number of aryl methyl sites for hydroxylation is 1. The van der Waals surface area contributed by atoms with Gasteiger partial charge >= 0.3 is 0 Å². The highest BCUT2D eigenvalue weighted by atomic mass is 32.2. The predicted molar refractivity (Wildman–Crippen MR) is 70.1 cm³/mol. The Hall–Kier alpha value is -1.33. The average molecular weight is 248 g/mol. The van der Waals surface area contributed by atoms with Gasteiger partial charge in [0.2, 0.25) is 0 Å². The Morgan fingerprint density at radius 1 is 1.29 bits per heavy atom. The summed E-state index contributed by atoms with van der Waals surface area (Å²) < 4.78 is 1.80. The van der Waals surface area contributed by atoms with Crippen molar-refractivity contribution in [1.29, 1.82) is 0 Å². The van der Waals surface area contributed by atoms with Crippen molar-refractivity contribution >= 4 is 11.8 Å². The van der Waals surface area contributed by atoms with Crippen molar-refractivity contribution in [2.45, 2.75) is 10.9 Å². The third-order valence-corrected chi connectivity index (χ3v) is 3.53. The molecule has 0 aliphatic carbocycles. The Bertz CT molecular complexity index is 478. The third-order valence-electron chi connectivity index (χ3n) is 2.78. The molecule has 0 saturated heterocycles. The van der Waals surface area contributed by atoms with Crippen LogP contribution in [0.5, 0.6) is 0 Å². The summed E-state index contributed by atoms with van der Waals surface area (Å²) in [4.78, 5) is 1.27. The van der Waals surface area contributed by atoms with Crippen molar-refractivity contribution in [1.82, 2.24) is 20.3 Å². The highest BCUT2D eigenvalue weighted by molar-refractivity contribution is 7.98. The fourth-order valence-corrected chi connectivity index (χ4v) is 2.25. The third kappa shape index (κ3) is 2.50. The fourth-order valence-electron chi connectivity index (χ4n) is 1.84. The molecule has 1 aromatic carbocycles. The van der Waals surface area contributed by atoms with Crippen LogP contribution in [0, 0.1) is 0 Å². The van der Waals surface area contributed by atoms with Crippen LogP contribution in [0.2, 0.25) is 0 Å². The zero-order valence-electron chi connectivity index (χ0n) is 10.2. The number of nitrogens with one attached hydrogen (secondary N) is 1. The number of aromatic nitrogens is 3. The van der Waals surface area contributed by atoms with E-state index in [0.29, 0.717) is 0 Å². The van der Waals surface area contributed by atoms with Crippen molar-refractivity contribution in [2.24, 2.45) is 7.05 Å². The quantitative estimate of drug-likeness (QED) is 0.839. The molecule has 2 rings (SSSR count). The predicted octanol–water partition coefficient (Wildman–Crippen LogP) is 1.85. The van der Waals surface area contributed by atoms with E-state index in [4.69, 9.17) is 0 Å². The zero-order chi connectivity index (χ0) is 12.3. The van der Waals surface area contributed by atoms with E-state index in [0.717, 1.165) is 5.69 Å². The molecule has 0 aliphatic rings. The number of thioether (sulfide) groups is 1. The Morgan fingerprint density at radius 3 is 2.47 bits per heavy atom. The fraction of sp³-hybridized carbons (Fsp3) is 0.333. The second-order valence-corrected chi connectivity index (χ2v) is 4.66. The molecule has 0 spiro atoms. The molecule has 0 bridgehead atoms. The molecule has 2 aromatic rings. The molecule has 0 aliphatic heterocycles. The molecular formula is C12H16N4S. The lowest BCUT2D eigenvalue weighted by Gasteiger charge is -2.16. The van der Waals surface area contributed by atoms with E-state index in [9.17, 15) is 0 Å². The van der Waals surface area contributed by atoms with Gasteiger partial charge in [0.25, 0.3) is 0 Å². The lowest BCUT2D eigenvalue weighted by Crippen LogP contribution is -2.20. The van der Waals surface area contributed by atoms with Crippen molar-refractivity contribution in [3.05, 3.63) is 41.7 Å². The highest BCUT2D eigenvalue weighted by Gasteiger charge is 2.15. The van der Waals surface area contributed by atoms with Crippen LogP contribution in [-0.2, 0) is 7.05 Å². The van der Waals surface area contributed by atoms with Gasteiger partial charge < -0.3 is 5.32 Å². The summed E-state index contributed by atoms with van der Waals surface area (Å²) in [7, 11) is 3.85. The first-order chi connectivity index (χ1) is 8.26. The van der Waals surface area contributed by atoms with Crippen LogP contribution in [-0.4, -0.2) is 28.3 Å². The Balaban J connectivity index is 2.32. The van der Waals surface area contributed by atoms with E-state index in [1.54, 1.807) is 22.6 Å². The highest BCUT2D eigenvalue weighted by Crippen LogP contribution is 2.23. The average Bonchev–Trinajstić information content (AvgIpc) is 2.78. The standard InChI is InChI=1S/C12H16N4S/c1-13-12(11-8-14-15-16(11)2)9-4-6-10(17-3)7-5-9/h4-8,12-13H,1-3H3. The van der Waals surface area contributed by atoms with E-state index in [-0.39, 0.29) is 6.04 Å². The van der Waals surface area contributed by atoms with Crippen LogP contribution in [0.25, 0.3) is 0 Å². The van der Waals surface area contributed by atoms with Gasteiger partial charge in [-0.25, -0.2) is 0 Å². The first-order valence-corrected chi connectivity index (χ1v) is 6.64. The maximum atomic E-state index is 3.97. The molecule has 1 atom stereocenters.